The van der Waals surface area contributed by atoms with Gasteiger partial charge in [-0.2, -0.15) is 0 Å². The predicted molar refractivity (Wildman–Crippen MR) is 52.2 cm³/mol. The molecule has 0 aromatic heterocycles. The molecule has 0 bridgehead atoms. The summed E-state index contributed by atoms with van der Waals surface area (Å²) in [5.74, 6) is -1.48. The number of carbonyl (C=O) groups is 1. The minimum absolute atomic E-state index is 0.153. The molecule has 0 saturated heterocycles. The predicted octanol–water partition coefficient (Wildman–Crippen LogP) is 1.28. The summed E-state index contributed by atoms with van der Waals surface area (Å²) < 4.78 is 0. The van der Waals surface area contributed by atoms with E-state index in [9.17, 15) is 9.90 Å². The second-order valence-corrected chi connectivity index (χ2v) is 2.81. The lowest BCUT2D eigenvalue weighted by molar-refractivity contribution is 0.0693. The van der Waals surface area contributed by atoms with Crippen molar-refractivity contribution < 1.29 is 15.0 Å². The van der Waals surface area contributed by atoms with Crippen molar-refractivity contribution in [3.05, 3.63) is 42.0 Å². The minimum Gasteiger partial charge on any atom is -0.507 e. The van der Waals surface area contributed by atoms with Crippen LogP contribution in [0.1, 0.15) is 22.0 Å². The molecule has 0 aliphatic heterocycles. The molecule has 1 aromatic carbocycles. The number of aromatic carboxylic acids is 1. The zero-order chi connectivity index (χ0) is 10.7. The van der Waals surface area contributed by atoms with Crippen LogP contribution in [0.25, 0.3) is 0 Å². The average molecular weight is 193 g/mol. The molecule has 4 heteroatoms. The molecule has 0 amide bonds. The van der Waals surface area contributed by atoms with Crippen molar-refractivity contribution in [2.45, 2.75) is 6.04 Å². The summed E-state index contributed by atoms with van der Waals surface area (Å²) in [7, 11) is 0. The van der Waals surface area contributed by atoms with Gasteiger partial charge in [-0.3, -0.25) is 0 Å². The van der Waals surface area contributed by atoms with Gasteiger partial charge < -0.3 is 15.9 Å². The van der Waals surface area contributed by atoms with Crippen LogP contribution in [0.5, 0.6) is 5.75 Å². The van der Waals surface area contributed by atoms with E-state index in [2.05, 4.69) is 6.58 Å². The Hall–Kier alpha value is -1.81. The van der Waals surface area contributed by atoms with Gasteiger partial charge in [-0.1, -0.05) is 18.2 Å². The molecule has 0 heterocycles. The summed E-state index contributed by atoms with van der Waals surface area (Å²) in [5.41, 5.74) is 5.80. The smallest absolute Gasteiger partial charge is 0.339 e. The Labute approximate surface area is 81.3 Å². The summed E-state index contributed by atoms with van der Waals surface area (Å²) >= 11 is 0. The van der Waals surface area contributed by atoms with Gasteiger partial charge in [0.25, 0.3) is 0 Å². The number of nitrogens with two attached hydrogens (primary N) is 1. The van der Waals surface area contributed by atoms with Crippen molar-refractivity contribution in [3.8, 4) is 5.75 Å². The van der Waals surface area contributed by atoms with Crippen LogP contribution >= 0.6 is 0 Å². The Kier molecular flexibility index (Phi) is 2.89. The number of carboxylic acids is 1. The summed E-state index contributed by atoms with van der Waals surface area (Å²) in [6, 6.07) is 3.85. The molecular weight excluding hydrogens is 182 g/mol. The lowest BCUT2D eigenvalue weighted by Crippen LogP contribution is -2.08. The molecule has 1 unspecified atom stereocenters. The van der Waals surface area contributed by atoms with Gasteiger partial charge in [0.15, 0.2) is 0 Å². The third kappa shape index (κ3) is 1.75. The first kappa shape index (κ1) is 10.3. The fraction of sp³-hybridized carbons (Fsp3) is 0.100. The van der Waals surface area contributed by atoms with E-state index in [0.717, 1.165) is 0 Å². The van der Waals surface area contributed by atoms with Crippen molar-refractivity contribution in [2.24, 2.45) is 5.73 Å². The van der Waals surface area contributed by atoms with Crippen molar-refractivity contribution >= 4 is 5.97 Å². The lowest BCUT2D eigenvalue weighted by Gasteiger charge is -2.10. The lowest BCUT2D eigenvalue weighted by atomic mass is 10.0. The molecule has 14 heavy (non-hydrogen) atoms. The van der Waals surface area contributed by atoms with E-state index >= 15 is 0 Å². The molecule has 0 aliphatic rings. The number of phenols is 1. The Bertz CT molecular complexity index is 374. The quantitative estimate of drug-likeness (QED) is 0.631. The first-order valence-electron chi connectivity index (χ1n) is 4.01. The monoisotopic (exact) mass is 193 g/mol. The zero-order valence-electron chi connectivity index (χ0n) is 7.47. The van der Waals surface area contributed by atoms with Gasteiger partial charge in [-0.05, 0) is 6.07 Å². The molecular formula is C10H11NO3. The normalized spacial score (nSPS) is 12.1. The second kappa shape index (κ2) is 3.93. The topological polar surface area (TPSA) is 83.6 Å². The molecule has 0 aliphatic carbocycles. The molecule has 1 rings (SSSR count). The molecule has 0 fully saturated rings. The Morgan fingerprint density at radius 3 is 2.71 bits per heavy atom. The summed E-state index contributed by atoms with van der Waals surface area (Å²) in [5, 5.41) is 18.3. The van der Waals surface area contributed by atoms with E-state index in [1.54, 1.807) is 6.07 Å². The van der Waals surface area contributed by atoms with Crippen LogP contribution in [0.2, 0.25) is 0 Å². The Morgan fingerprint density at radius 2 is 2.21 bits per heavy atom. The molecule has 0 spiro atoms. The van der Waals surface area contributed by atoms with E-state index in [1.165, 1.54) is 18.2 Å². The van der Waals surface area contributed by atoms with Gasteiger partial charge >= 0.3 is 5.97 Å². The first-order valence-corrected chi connectivity index (χ1v) is 4.01. The van der Waals surface area contributed by atoms with E-state index in [0.29, 0.717) is 5.56 Å². The fourth-order valence-electron chi connectivity index (χ4n) is 1.13. The van der Waals surface area contributed by atoms with Gasteiger partial charge in [0, 0.05) is 5.56 Å². The molecule has 1 atom stereocenters. The van der Waals surface area contributed by atoms with Gasteiger partial charge in [-0.15, -0.1) is 6.58 Å². The van der Waals surface area contributed by atoms with Crippen LogP contribution in [0.3, 0.4) is 0 Å². The van der Waals surface area contributed by atoms with Crippen molar-refractivity contribution in [1.29, 1.82) is 0 Å². The Morgan fingerprint density at radius 1 is 1.57 bits per heavy atom. The van der Waals surface area contributed by atoms with Crippen LogP contribution in [0.4, 0.5) is 0 Å². The van der Waals surface area contributed by atoms with Crippen LogP contribution in [0, 0.1) is 0 Å². The zero-order valence-corrected chi connectivity index (χ0v) is 7.47. The SMILES string of the molecule is C=CC(N)c1cccc(C(=O)O)c1O. The minimum atomic E-state index is -1.18. The molecule has 74 valence electrons. The van der Waals surface area contributed by atoms with Crippen LogP contribution in [0.15, 0.2) is 30.9 Å². The average Bonchev–Trinajstić information content (AvgIpc) is 2.16. The largest absolute Gasteiger partial charge is 0.507 e. The molecule has 0 saturated carbocycles. The van der Waals surface area contributed by atoms with Crippen molar-refractivity contribution in [3.63, 3.8) is 0 Å². The summed E-state index contributed by atoms with van der Waals surface area (Å²) in [6.45, 7) is 3.47. The van der Waals surface area contributed by atoms with E-state index in [-0.39, 0.29) is 11.3 Å². The highest BCUT2D eigenvalue weighted by Crippen LogP contribution is 2.27. The van der Waals surface area contributed by atoms with Gasteiger partial charge in [0.05, 0.1) is 6.04 Å². The summed E-state index contributed by atoms with van der Waals surface area (Å²) in [4.78, 5) is 10.7. The first-order chi connectivity index (χ1) is 6.57. The van der Waals surface area contributed by atoms with Gasteiger partial charge in [-0.25, -0.2) is 4.79 Å². The number of benzene rings is 1. The number of aromatic hydroxyl groups is 1. The van der Waals surface area contributed by atoms with E-state index < -0.39 is 12.0 Å². The van der Waals surface area contributed by atoms with Gasteiger partial charge in [0.1, 0.15) is 11.3 Å². The van der Waals surface area contributed by atoms with Crippen LogP contribution < -0.4 is 5.73 Å². The number of hydrogen-bond donors (Lipinski definition) is 3. The van der Waals surface area contributed by atoms with E-state index in [1.807, 2.05) is 0 Å². The standard InChI is InChI=1S/C10H11NO3/c1-2-8(11)6-4-3-5-7(9(6)12)10(13)14/h2-5,8,12H,1,11H2,(H,13,14). The number of para-hydroxylation sites is 1. The van der Waals surface area contributed by atoms with Crippen LogP contribution in [-0.4, -0.2) is 16.2 Å². The Balaban J connectivity index is 3.26. The molecule has 4 nitrogen and oxygen atoms in total. The highest BCUT2D eigenvalue weighted by Gasteiger charge is 2.15. The number of rotatable bonds is 3. The van der Waals surface area contributed by atoms with E-state index in [4.69, 9.17) is 10.8 Å². The molecule has 0 radical (unpaired) electrons. The highest BCUT2D eigenvalue weighted by molar-refractivity contribution is 5.91. The number of carboxylic acid groups (broad SMARTS) is 1. The fourth-order valence-corrected chi connectivity index (χ4v) is 1.13. The maximum absolute atomic E-state index is 10.7. The maximum Gasteiger partial charge on any atom is 0.339 e. The van der Waals surface area contributed by atoms with Crippen molar-refractivity contribution in [2.75, 3.05) is 0 Å². The molecule has 1 aromatic rings. The molecule has 4 N–H and O–H groups in total. The number of hydrogen-bond acceptors (Lipinski definition) is 3. The third-order valence-corrected chi connectivity index (χ3v) is 1.91. The van der Waals surface area contributed by atoms with Crippen molar-refractivity contribution in [1.82, 2.24) is 0 Å². The summed E-state index contributed by atoms with van der Waals surface area (Å²) in [6.07, 6.45) is 1.43. The van der Waals surface area contributed by atoms with Crippen LogP contribution in [-0.2, 0) is 0 Å². The highest BCUT2D eigenvalue weighted by atomic mass is 16.4. The van der Waals surface area contributed by atoms with Gasteiger partial charge in [0.2, 0.25) is 0 Å². The maximum atomic E-state index is 10.7. The second-order valence-electron chi connectivity index (χ2n) is 2.81. The third-order valence-electron chi connectivity index (χ3n) is 1.91.